The summed E-state index contributed by atoms with van der Waals surface area (Å²) in [5.41, 5.74) is 4.82. The molecule has 1 aromatic rings. The number of carbonyl (C=O) groups is 1. The molecule has 116 valence electrons. The van der Waals surface area contributed by atoms with E-state index in [1.807, 2.05) is 6.92 Å². The highest BCUT2D eigenvalue weighted by atomic mass is 16.6. The van der Waals surface area contributed by atoms with Crippen molar-refractivity contribution < 1.29 is 19.4 Å². The number of esters is 1. The molecule has 1 saturated heterocycles. The molecule has 0 bridgehead atoms. The number of hydrogen-bond acceptors (Lipinski definition) is 7. The first-order valence-corrected chi connectivity index (χ1v) is 6.85. The molecule has 1 aromatic heterocycles. The Morgan fingerprint density at radius 2 is 2.43 bits per heavy atom. The summed E-state index contributed by atoms with van der Waals surface area (Å²) in [4.78, 5) is 26.6. The Kier molecular flexibility index (Phi) is 4.92. The molecule has 0 spiro atoms. The third-order valence-electron chi connectivity index (χ3n) is 3.18. The third kappa shape index (κ3) is 3.79. The van der Waals surface area contributed by atoms with Gasteiger partial charge >= 0.3 is 11.7 Å². The van der Waals surface area contributed by atoms with Crippen LogP contribution >= 0.6 is 0 Å². The van der Waals surface area contributed by atoms with Crippen molar-refractivity contribution in [1.29, 1.82) is 0 Å². The van der Waals surface area contributed by atoms with Crippen molar-refractivity contribution in [2.45, 2.75) is 44.6 Å². The van der Waals surface area contributed by atoms with Crippen LogP contribution in [0.1, 0.15) is 32.4 Å². The van der Waals surface area contributed by atoms with Gasteiger partial charge in [-0.25, -0.2) is 4.79 Å². The highest BCUT2D eigenvalue weighted by Gasteiger charge is 2.36. The Hall–Kier alpha value is -1.93. The van der Waals surface area contributed by atoms with Crippen molar-refractivity contribution in [3.63, 3.8) is 0 Å². The molecule has 2 rings (SSSR count). The Morgan fingerprint density at radius 1 is 1.67 bits per heavy atom. The summed E-state index contributed by atoms with van der Waals surface area (Å²) in [6.07, 6.45) is 0.589. The van der Waals surface area contributed by atoms with Crippen LogP contribution in [0.5, 0.6) is 0 Å². The number of nitrogen functional groups attached to an aromatic ring is 1. The molecular formula is C13H19N3O5. The van der Waals surface area contributed by atoms with E-state index in [2.05, 4.69) is 4.98 Å². The van der Waals surface area contributed by atoms with Crippen LogP contribution in [0, 0.1) is 0 Å². The first kappa shape index (κ1) is 15.5. The van der Waals surface area contributed by atoms with Crippen molar-refractivity contribution in [3.05, 3.63) is 22.7 Å². The zero-order valence-electron chi connectivity index (χ0n) is 11.8. The quantitative estimate of drug-likeness (QED) is 0.724. The molecule has 8 nitrogen and oxygen atoms in total. The van der Waals surface area contributed by atoms with Crippen LogP contribution < -0.4 is 11.4 Å². The lowest BCUT2D eigenvalue weighted by molar-refractivity contribution is -0.148. The number of nitrogens with zero attached hydrogens (tertiary/aromatic N) is 2. The van der Waals surface area contributed by atoms with Crippen LogP contribution in [0.25, 0.3) is 0 Å². The normalized spacial score (nSPS) is 25.0. The van der Waals surface area contributed by atoms with Crippen molar-refractivity contribution >= 4 is 11.8 Å². The molecule has 0 saturated carbocycles. The summed E-state index contributed by atoms with van der Waals surface area (Å²) >= 11 is 0. The van der Waals surface area contributed by atoms with Gasteiger partial charge in [0.25, 0.3) is 0 Å². The van der Waals surface area contributed by atoms with Crippen LogP contribution in [0.3, 0.4) is 0 Å². The summed E-state index contributed by atoms with van der Waals surface area (Å²) in [5, 5.41) is 9.99. The molecule has 3 atom stereocenters. The summed E-state index contributed by atoms with van der Waals surface area (Å²) in [7, 11) is 0. The predicted octanol–water partition coefficient (Wildman–Crippen LogP) is -0.183. The minimum Gasteiger partial charge on any atom is -0.463 e. The molecule has 1 aliphatic rings. The van der Waals surface area contributed by atoms with Gasteiger partial charge in [-0.15, -0.1) is 0 Å². The van der Waals surface area contributed by atoms with E-state index in [-0.39, 0.29) is 24.8 Å². The molecule has 0 aliphatic carbocycles. The highest BCUT2D eigenvalue weighted by molar-refractivity contribution is 5.69. The van der Waals surface area contributed by atoms with E-state index >= 15 is 0 Å². The standard InChI is InChI=1S/C13H19N3O5/c1-2-3-11(18)20-7-8-6-9(17)12(21-8)16-5-4-10(14)15-13(16)19/h4-5,8-9,12,17H,2-3,6-7H2,1H3,(H2,14,15,19). The number of aliphatic hydroxyl groups is 1. The number of ether oxygens (including phenoxy) is 2. The second-order valence-electron chi connectivity index (χ2n) is 4.93. The van der Waals surface area contributed by atoms with E-state index in [0.717, 1.165) is 0 Å². The van der Waals surface area contributed by atoms with E-state index in [9.17, 15) is 14.7 Å². The van der Waals surface area contributed by atoms with Crippen LogP contribution in [0.2, 0.25) is 0 Å². The summed E-state index contributed by atoms with van der Waals surface area (Å²) in [5.74, 6) is -0.195. The molecule has 0 radical (unpaired) electrons. The number of aromatic nitrogens is 2. The molecule has 2 heterocycles. The largest absolute Gasteiger partial charge is 0.463 e. The molecule has 21 heavy (non-hydrogen) atoms. The number of aliphatic hydroxyl groups excluding tert-OH is 1. The van der Waals surface area contributed by atoms with Gasteiger partial charge < -0.3 is 20.3 Å². The average molecular weight is 297 g/mol. The van der Waals surface area contributed by atoms with E-state index in [4.69, 9.17) is 15.2 Å². The monoisotopic (exact) mass is 297 g/mol. The van der Waals surface area contributed by atoms with Crippen molar-refractivity contribution in [2.75, 3.05) is 12.3 Å². The maximum atomic E-state index is 11.7. The summed E-state index contributed by atoms with van der Waals surface area (Å²) in [6.45, 7) is 1.94. The van der Waals surface area contributed by atoms with Gasteiger partial charge in [-0.2, -0.15) is 4.98 Å². The molecule has 3 unspecified atom stereocenters. The summed E-state index contributed by atoms with van der Waals surface area (Å²) < 4.78 is 11.8. The number of rotatable bonds is 5. The van der Waals surface area contributed by atoms with Crippen LogP contribution in [-0.4, -0.2) is 39.4 Å². The molecule has 1 fully saturated rings. The highest BCUT2D eigenvalue weighted by Crippen LogP contribution is 2.28. The van der Waals surface area contributed by atoms with E-state index in [0.29, 0.717) is 12.8 Å². The van der Waals surface area contributed by atoms with Crippen molar-refractivity contribution in [3.8, 4) is 0 Å². The SMILES string of the molecule is CCCC(=O)OCC1CC(O)C(n2ccc(N)nc2=O)O1. The second kappa shape index (κ2) is 6.68. The lowest BCUT2D eigenvalue weighted by atomic mass is 10.2. The molecule has 0 amide bonds. The van der Waals surface area contributed by atoms with Gasteiger partial charge in [0.15, 0.2) is 6.23 Å². The first-order valence-electron chi connectivity index (χ1n) is 6.85. The number of carbonyl (C=O) groups excluding carboxylic acids is 1. The minimum absolute atomic E-state index is 0.0591. The zero-order chi connectivity index (χ0) is 15.4. The fraction of sp³-hybridized carbons (Fsp3) is 0.615. The summed E-state index contributed by atoms with van der Waals surface area (Å²) in [6, 6.07) is 1.45. The molecule has 3 N–H and O–H groups in total. The third-order valence-corrected chi connectivity index (χ3v) is 3.18. The van der Waals surface area contributed by atoms with Crippen LogP contribution in [0.15, 0.2) is 17.1 Å². The zero-order valence-corrected chi connectivity index (χ0v) is 11.8. The minimum atomic E-state index is -0.872. The van der Waals surface area contributed by atoms with Gasteiger partial charge in [0, 0.05) is 19.0 Å². The molecule has 8 heteroatoms. The lowest BCUT2D eigenvalue weighted by Crippen LogP contribution is -2.31. The molecule has 1 aliphatic heterocycles. The van der Waals surface area contributed by atoms with E-state index < -0.39 is 24.1 Å². The fourth-order valence-electron chi connectivity index (χ4n) is 2.17. The predicted molar refractivity (Wildman–Crippen MR) is 73.3 cm³/mol. The average Bonchev–Trinajstić information content (AvgIpc) is 2.78. The number of hydrogen-bond donors (Lipinski definition) is 2. The topological polar surface area (TPSA) is 117 Å². The Labute approximate surface area is 121 Å². The van der Waals surface area contributed by atoms with Gasteiger partial charge in [0.1, 0.15) is 18.5 Å². The molecule has 0 aromatic carbocycles. The van der Waals surface area contributed by atoms with Gasteiger partial charge in [-0.1, -0.05) is 6.92 Å². The Bertz CT molecular complexity index is 559. The van der Waals surface area contributed by atoms with Crippen molar-refractivity contribution in [1.82, 2.24) is 9.55 Å². The smallest absolute Gasteiger partial charge is 0.351 e. The fourth-order valence-corrected chi connectivity index (χ4v) is 2.17. The number of nitrogens with two attached hydrogens (primary N) is 1. The maximum absolute atomic E-state index is 11.7. The Balaban J connectivity index is 1.98. The Morgan fingerprint density at radius 3 is 3.10 bits per heavy atom. The van der Waals surface area contributed by atoms with Gasteiger partial charge in [0.05, 0.1) is 6.10 Å². The second-order valence-corrected chi connectivity index (χ2v) is 4.93. The van der Waals surface area contributed by atoms with Crippen LogP contribution in [-0.2, 0) is 14.3 Å². The van der Waals surface area contributed by atoms with Crippen molar-refractivity contribution in [2.24, 2.45) is 0 Å². The van der Waals surface area contributed by atoms with Gasteiger partial charge in [-0.3, -0.25) is 9.36 Å². The molecular weight excluding hydrogens is 278 g/mol. The lowest BCUT2D eigenvalue weighted by Gasteiger charge is -2.17. The maximum Gasteiger partial charge on any atom is 0.351 e. The van der Waals surface area contributed by atoms with Crippen LogP contribution in [0.4, 0.5) is 5.82 Å². The van der Waals surface area contributed by atoms with Gasteiger partial charge in [-0.05, 0) is 12.5 Å². The van der Waals surface area contributed by atoms with Gasteiger partial charge in [0.2, 0.25) is 0 Å². The van der Waals surface area contributed by atoms with E-state index in [1.54, 1.807) is 0 Å². The first-order chi connectivity index (χ1) is 10.0. The van der Waals surface area contributed by atoms with E-state index in [1.165, 1.54) is 16.8 Å². The number of anilines is 1.